The highest BCUT2D eigenvalue weighted by Crippen LogP contribution is 2.39. The molecule has 1 heteroatoms. The second-order valence-electron chi connectivity index (χ2n) is 4.55. The zero-order valence-electron chi connectivity index (χ0n) is 10.3. The third-order valence-corrected chi connectivity index (χ3v) is 4.54. The van der Waals surface area contributed by atoms with Crippen LogP contribution in [0.15, 0.2) is 66.7 Å². The summed E-state index contributed by atoms with van der Waals surface area (Å²) in [5.41, 5.74) is 2.44. The molecule has 0 fully saturated rings. The SMILES string of the molecule is [c]1ccccc1-c1cccc2sc3ccccc3c12. The molecule has 1 radical (unpaired) electrons. The highest BCUT2D eigenvalue weighted by molar-refractivity contribution is 7.25. The third-order valence-electron chi connectivity index (χ3n) is 3.40. The second kappa shape index (κ2) is 4.22. The van der Waals surface area contributed by atoms with Crippen molar-refractivity contribution in [3.05, 3.63) is 72.8 Å². The molecule has 89 valence electrons. The first kappa shape index (κ1) is 10.8. The van der Waals surface area contributed by atoms with Crippen LogP contribution in [0.5, 0.6) is 0 Å². The Labute approximate surface area is 115 Å². The predicted octanol–water partition coefficient (Wildman–Crippen LogP) is 5.52. The molecule has 0 bridgehead atoms. The van der Waals surface area contributed by atoms with Gasteiger partial charge in [0, 0.05) is 20.2 Å². The van der Waals surface area contributed by atoms with Crippen molar-refractivity contribution in [1.29, 1.82) is 0 Å². The van der Waals surface area contributed by atoms with Gasteiger partial charge in [-0.05, 0) is 29.3 Å². The van der Waals surface area contributed by atoms with E-state index in [-0.39, 0.29) is 0 Å². The summed E-state index contributed by atoms with van der Waals surface area (Å²) in [5.74, 6) is 0. The molecular weight excluding hydrogens is 248 g/mol. The van der Waals surface area contributed by atoms with Gasteiger partial charge < -0.3 is 0 Å². The minimum absolute atomic E-state index is 1.16. The summed E-state index contributed by atoms with van der Waals surface area (Å²) >= 11 is 1.86. The van der Waals surface area contributed by atoms with Crippen LogP contribution in [0.1, 0.15) is 0 Å². The van der Waals surface area contributed by atoms with Crippen molar-refractivity contribution in [2.24, 2.45) is 0 Å². The molecule has 0 aliphatic rings. The topological polar surface area (TPSA) is 0 Å². The van der Waals surface area contributed by atoms with E-state index >= 15 is 0 Å². The van der Waals surface area contributed by atoms with Crippen molar-refractivity contribution in [1.82, 2.24) is 0 Å². The predicted molar refractivity (Wildman–Crippen MR) is 83.6 cm³/mol. The average Bonchev–Trinajstić information content (AvgIpc) is 2.86. The van der Waals surface area contributed by atoms with Gasteiger partial charge in [0.1, 0.15) is 0 Å². The minimum Gasteiger partial charge on any atom is -0.135 e. The molecule has 0 aliphatic carbocycles. The van der Waals surface area contributed by atoms with Crippen molar-refractivity contribution in [2.75, 3.05) is 0 Å². The van der Waals surface area contributed by atoms with Gasteiger partial charge in [0.2, 0.25) is 0 Å². The largest absolute Gasteiger partial charge is 0.135 e. The van der Waals surface area contributed by atoms with Gasteiger partial charge in [0.05, 0.1) is 0 Å². The Bertz CT molecular complexity index is 857. The van der Waals surface area contributed by atoms with E-state index < -0.39 is 0 Å². The van der Waals surface area contributed by atoms with Gasteiger partial charge in [-0.25, -0.2) is 0 Å². The zero-order chi connectivity index (χ0) is 12.7. The van der Waals surface area contributed by atoms with E-state index in [0.29, 0.717) is 0 Å². The quantitative estimate of drug-likeness (QED) is 0.422. The van der Waals surface area contributed by atoms with Crippen LogP contribution in [0.4, 0.5) is 0 Å². The molecule has 0 amide bonds. The molecule has 4 rings (SSSR count). The maximum Gasteiger partial charge on any atom is 0.0361 e. The fraction of sp³-hybridized carbons (Fsp3) is 0. The van der Waals surface area contributed by atoms with E-state index in [1.165, 1.54) is 25.7 Å². The van der Waals surface area contributed by atoms with Crippen LogP contribution in [0.2, 0.25) is 0 Å². The van der Waals surface area contributed by atoms with Crippen molar-refractivity contribution in [2.45, 2.75) is 0 Å². The zero-order valence-corrected chi connectivity index (χ0v) is 11.1. The Kier molecular flexibility index (Phi) is 2.39. The fourth-order valence-corrected chi connectivity index (χ4v) is 3.69. The maximum atomic E-state index is 3.34. The summed E-state index contributed by atoms with van der Waals surface area (Å²) in [4.78, 5) is 0. The summed E-state index contributed by atoms with van der Waals surface area (Å²) in [6, 6.07) is 26.7. The fourth-order valence-electron chi connectivity index (χ4n) is 2.56. The lowest BCUT2D eigenvalue weighted by Gasteiger charge is -2.03. The normalized spacial score (nSPS) is 11.2. The van der Waals surface area contributed by atoms with E-state index in [4.69, 9.17) is 0 Å². The molecule has 0 N–H and O–H groups in total. The lowest BCUT2D eigenvalue weighted by molar-refractivity contribution is 1.65. The molecule has 3 aromatic carbocycles. The molecule has 19 heavy (non-hydrogen) atoms. The summed E-state index contributed by atoms with van der Waals surface area (Å²) in [6.07, 6.45) is 0. The second-order valence-corrected chi connectivity index (χ2v) is 5.64. The smallest absolute Gasteiger partial charge is 0.0361 e. The standard InChI is InChI=1S/C18H11S/c1-2-7-13(8-3-1)14-10-6-12-17-18(14)15-9-4-5-11-16(15)19-17/h1-7,9-12H. The Morgan fingerprint density at radius 1 is 0.737 bits per heavy atom. The van der Waals surface area contributed by atoms with Crippen molar-refractivity contribution in [3.8, 4) is 11.1 Å². The number of rotatable bonds is 1. The third kappa shape index (κ3) is 1.66. The Balaban J connectivity index is 2.17. The van der Waals surface area contributed by atoms with E-state index in [1.54, 1.807) is 0 Å². The highest BCUT2D eigenvalue weighted by atomic mass is 32.1. The molecule has 0 aliphatic heterocycles. The molecule has 0 atom stereocenters. The Hall–Kier alpha value is -2.12. The number of hydrogen-bond donors (Lipinski definition) is 0. The molecule has 4 aromatic rings. The van der Waals surface area contributed by atoms with Gasteiger partial charge in [-0.2, -0.15) is 0 Å². The molecule has 0 nitrogen and oxygen atoms in total. The van der Waals surface area contributed by atoms with Crippen molar-refractivity contribution in [3.63, 3.8) is 0 Å². The van der Waals surface area contributed by atoms with Gasteiger partial charge in [-0.1, -0.05) is 54.6 Å². The summed E-state index contributed by atoms with van der Waals surface area (Å²) in [5, 5.41) is 2.70. The Morgan fingerprint density at radius 2 is 1.58 bits per heavy atom. The van der Waals surface area contributed by atoms with E-state index in [9.17, 15) is 0 Å². The van der Waals surface area contributed by atoms with Crippen LogP contribution in [0.25, 0.3) is 31.3 Å². The monoisotopic (exact) mass is 259 g/mol. The van der Waals surface area contributed by atoms with Crippen LogP contribution in [-0.2, 0) is 0 Å². The van der Waals surface area contributed by atoms with Crippen LogP contribution >= 0.6 is 11.3 Å². The summed E-state index contributed by atoms with van der Waals surface area (Å²) in [6.45, 7) is 0. The lowest BCUT2D eigenvalue weighted by atomic mass is 10.00. The van der Waals surface area contributed by atoms with Crippen LogP contribution in [-0.4, -0.2) is 0 Å². The average molecular weight is 259 g/mol. The first-order valence-corrected chi connectivity index (χ1v) is 7.12. The molecule has 0 saturated carbocycles. The molecule has 1 heterocycles. The molecular formula is C18H11S. The van der Waals surface area contributed by atoms with E-state index in [1.807, 2.05) is 23.5 Å². The van der Waals surface area contributed by atoms with Gasteiger partial charge in [0.15, 0.2) is 0 Å². The minimum atomic E-state index is 1.16. The van der Waals surface area contributed by atoms with Crippen molar-refractivity contribution < 1.29 is 0 Å². The van der Waals surface area contributed by atoms with Crippen LogP contribution in [0, 0.1) is 6.07 Å². The lowest BCUT2D eigenvalue weighted by Crippen LogP contribution is -1.78. The van der Waals surface area contributed by atoms with Crippen LogP contribution < -0.4 is 0 Å². The summed E-state index contributed by atoms with van der Waals surface area (Å²) < 4.78 is 2.69. The summed E-state index contributed by atoms with van der Waals surface area (Å²) in [7, 11) is 0. The van der Waals surface area contributed by atoms with Gasteiger partial charge in [0.25, 0.3) is 0 Å². The van der Waals surface area contributed by atoms with Gasteiger partial charge in [-0.15, -0.1) is 11.3 Å². The van der Waals surface area contributed by atoms with E-state index in [2.05, 4.69) is 60.7 Å². The number of hydrogen-bond acceptors (Lipinski definition) is 1. The first-order chi connectivity index (χ1) is 9.43. The molecule has 0 saturated heterocycles. The number of thiophene rings is 1. The number of fused-ring (bicyclic) bond motifs is 3. The van der Waals surface area contributed by atoms with E-state index in [0.717, 1.165) is 5.56 Å². The van der Waals surface area contributed by atoms with Crippen molar-refractivity contribution >= 4 is 31.5 Å². The van der Waals surface area contributed by atoms with Gasteiger partial charge >= 0.3 is 0 Å². The molecule has 1 aromatic heterocycles. The highest BCUT2D eigenvalue weighted by Gasteiger charge is 2.09. The number of benzene rings is 3. The maximum absolute atomic E-state index is 3.34. The Morgan fingerprint density at radius 3 is 2.47 bits per heavy atom. The molecule has 0 spiro atoms. The molecule has 0 unspecified atom stereocenters. The van der Waals surface area contributed by atoms with Crippen LogP contribution in [0.3, 0.4) is 0 Å². The van der Waals surface area contributed by atoms with Gasteiger partial charge in [-0.3, -0.25) is 0 Å². The first-order valence-electron chi connectivity index (χ1n) is 6.31.